The number of carbonyl (C=O) groups is 1. The van der Waals surface area contributed by atoms with Crippen molar-refractivity contribution < 1.29 is 9.53 Å². The lowest BCUT2D eigenvalue weighted by atomic mass is 10.2. The number of carbonyl (C=O) groups excluding carboxylic acids is 1. The second-order valence-electron chi connectivity index (χ2n) is 2.29. The van der Waals surface area contributed by atoms with Gasteiger partial charge in [-0.1, -0.05) is 12.2 Å². The van der Waals surface area contributed by atoms with E-state index in [0.29, 0.717) is 5.57 Å². The molecule has 12 heavy (non-hydrogen) atoms. The van der Waals surface area contributed by atoms with E-state index in [1.165, 1.54) is 7.11 Å². The van der Waals surface area contributed by atoms with Gasteiger partial charge in [0, 0.05) is 0 Å². The van der Waals surface area contributed by atoms with Gasteiger partial charge in [-0.2, -0.15) is 0 Å². The van der Waals surface area contributed by atoms with Crippen molar-refractivity contribution >= 4 is 5.97 Å². The summed E-state index contributed by atoms with van der Waals surface area (Å²) in [6, 6.07) is 0. The molecule has 2 nitrogen and oxygen atoms in total. The van der Waals surface area contributed by atoms with Crippen LogP contribution in [0.3, 0.4) is 0 Å². The average Bonchev–Trinajstić information content (AvgIpc) is 2.02. The minimum atomic E-state index is -0.314. The molecule has 0 aromatic rings. The van der Waals surface area contributed by atoms with Gasteiger partial charge in [0.25, 0.3) is 0 Å². The van der Waals surface area contributed by atoms with Gasteiger partial charge in [-0.25, -0.2) is 4.79 Å². The quantitative estimate of drug-likeness (QED) is 0.433. The summed E-state index contributed by atoms with van der Waals surface area (Å²) in [5.41, 5.74) is 3.46. The summed E-state index contributed by atoms with van der Waals surface area (Å²) in [6.45, 7) is 0. The minimum absolute atomic E-state index is 0.314. The van der Waals surface area contributed by atoms with Crippen molar-refractivity contribution in [2.24, 2.45) is 0 Å². The van der Waals surface area contributed by atoms with Gasteiger partial charge in [0.1, 0.15) is 0 Å². The van der Waals surface area contributed by atoms with Gasteiger partial charge in [0.15, 0.2) is 0 Å². The predicted octanol–water partition coefficient (Wildman–Crippen LogP) is 1.76. The summed E-state index contributed by atoms with van der Waals surface area (Å²) in [5.74, 6) is -0.314. The van der Waals surface area contributed by atoms with Crippen molar-refractivity contribution in [2.45, 2.75) is 6.42 Å². The Morgan fingerprint density at radius 2 is 2.50 bits per heavy atom. The fraction of sp³-hybridized carbons (Fsp3) is 0.200. The van der Waals surface area contributed by atoms with E-state index in [9.17, 15) is 4.79 Å². The van der Waals surface area contributed by atoms with E-state index in [-0.39, 0.29) is 5.97 Å². The number of hydrogen-bond acceptors (Lipinski definition) is 2. The van der Waals surface area contributed by atoms with Crippen LogP contribution in [-0.2, 0) is 9.53 Å². The smallest absolute Gasteiger partial charge is 0.337 e. The molecule has 1 aliphatic rings. The molecule has 0 bridgehead atoms. The number of hydrogen-bond donors (Lipinski definition) is 0. The first-order chi connectivity index (χ1) is 5.84. The summed E-state index contributed by atoms with van der Waals surface area (Å²) in [5, 5.41) is 0. The van der Waals surface area contributed by atoms with E-state index in [2.05, 4.69) is 10.5 Å². The molecule has 0 unspecified atom stereocenters. The molecule has 0 aromatic carbocycles. The molecule has 0 fully saturated rings. The van der Waals surface area contributed by atoms with Crippen molar-refractivity contribution in [2.75, 3.05) is 7.11 Å². The van der Waals surface area contributed by atoms with E-state index in [4.69, 9.17) is 0 Å². The SMILES string of the molecule is COC(=O)C1=CC=C=CCC=C1. The first-order valence-corrected chi connectivity index (χ1v) is 3.70. The van der Waals surface area contributed by atoms with Crippen LogP contribution in [0.2, 0.25) is 0 Å². The minimum Gasteiger partial charge on any atom is -0.465 e. The Labute approximate surface area is 71.5 Å². The van der Waals surface area contributed by atoms with Gasteiger partial charge in [0.2, 0.25) is 0 Å². The Kier molecular flexibility index (Phi) is 3.12. The highest BCUT2D eigenvalue weighted by atomic mass is 16.5. The number of esters is 1. The molecule has 0 N–H and O–H groups in total. The van der Waals surface area contributed by atoms with Crippen LogP contribution in [0, 0.1) is 0 Å². The lowest BCUT2D eigenvalue weighted by Crippen LogP contribution is -2.02. The van der Waals surface area contributed by atoms with Crippen LogP contribution in [0.1, 0.15) is 6.42 Å². The van der Waals surface area contributed by atoms with Crippen molar-refractivity contribution in [3.05, 3.63) is 41.7 Å². The molecule has 0 spiro atoms. The topological polar surface area (TPSA) is 26.3 Å². The third-order valence-corrected chi connectivity index (χ3v) is 1.45. The first-order valence-electron chi connectivity index (χ1n) is 3.70. The van der Waals surface area contributed by atoms with E-state index < -0.39 is 0 Å². The van der Waals surface area contributed by atoms with Crippen molar-refractivity contribution in [3.63, 3.8) is 0 Å². The average molecular weight is 162 g/mol. The van der Waals surface area contributed by atoms with Gasteiger partial charge < -0.3 is 4.74 Å². The van der Waals surface area contributed by atoms with Crippen molar-refractivity contribution in [1.82, 2.24) is 0 Å². The fourth-order valence-corrected chi connectivity index (χ4v) is 0.847. The number of allylic oxidation sites excluding steroid dienone is 3. The van der Waals surface area contributed by atoms with E-state index in [1.807, 2.05) is 12.2 Å². The van der Waals surface area contributed by atoms with Crippen molar-refractivity contribution in [3.8, 4) is 0 Å². The lowest BCUT2D eigenvalue weighted by Gasteiger charge is -1.98. The zero-order valence-corrected chi connectivity index (χ0v) is 6.91. The Hall–Kier alpha value is -1.53. The second kappa shape index (κ2) is 4.37. The zero-order chi connectivity index (χ0) is 8.81. The number of rotatable bonds is 1. The van der Waals surface area contributed by atoms with Gasteiger partial charge in [-0.15, -0.1) is 5.73 Å². The van der Waals surface area contributed by atoms with Crippen molar-refractivity contribution in [1.29, 1.82) is 0 Å². The monoisotopic (exact) mass is 162 g/mol. The fourth-order valence-electron chi connectivity index (χ4n) is 0.847. The second-order valence-corrected chi connectivity index (χ2v) is 2.29. The summed E-state index contributed by atoms with van der Waals surface area (Å²) in [6.07, 6.45) is 9.71. The molecule has 0 aromatic heterocycles. The van der Waals surface area contributed by atoms with Crippen LogP contribution in [0.25, 0.3) is 0 Å². The molecular formula is C10H10O2. The molecule has 2 heteroatoms. The van der Waals surface area contributed by atoms with Gasteiger partial charge >= 0.3 is 5.97 Å². The third kappa shape index (κ3) is 2.26. The molecule has 0 amide bonds. The maximum absolute atomic E-state index is 11.0. The zero-order valence-electron chi connectivity index (χ0n) is 6.91. The van der Waals surface area contributed by atoms with Crippen LogP contribution in [0.5, 0.6) is 0 Å². The van der Waals surface area contributed by atoms with Crippen LogP contribution in [0.4, 0.5) is 0 Å². The van der Waals surface area contributed by atoms with Gasteiger partial charge in [-0.05, 0) is 24.6 Å². The molecule has 0 atom stereocenters. The standard InChI is InChI=1S/C10H10O2/c1-12-10(11)9-7-5-3-2-4-6-8-9/h2,5-8H,3H2,1H3. The molecule has 0 heterocycles. The highest BCUT2D eigenvalue weighted by Crippen LogP contribution is 2.03. The van der Waals surface area contributed by atoms with Crippen LogP contribution < -0.4 is 0 Å². The van der Waals surface area contributed by atoms with Crippen LogP contribution >= 0.6 is 0 Å². The Morgan fingerprint density at radius 1 is 1.67 bits per heavy atom. The Balaban J connectivity index is 2.86. The Bertz CT molecular complexity index is 289. The van der Waals surface area contributed by atoms with Crippen LogP contribution in [0.15, 0.2) is 41.7 Å². The molecule has 0 saturated carbocycles. The highest BCUT2D eigenvalue weighted by molar-refractivity contribution is 5.91. The third-order valence-electron chi connectivity index (χ3n) is 1.45. The van der Waals surface area contributed by atoms with Crippen LogP contribution in [-0.4, -0.2) is 13.1 Å². The van der Waals surface area contributed by atoms with Gasteiger partial charge in [0.05, 0.1) is 12.7 Å². The number of methoxy groups -OCH3 is 1. The molecule has 0 aliphatic heterocycles. The molecule has 62 valence electrons. The number of ether oxygens (including phenoxy) is 1. The predicted molar refractivity (Wildman–Crippen MR) is 46.5 cm³/mol. The maximum atomic E-state index is 11.0. The van der Waals surface area contributed by atoms with E-state index in [1.54, 1.807) is 18.2 Å². The molecule has 1 rings (SSSR count). The summed E-state index contributed by atoms with van der Waals surface area (Å²) in [7, 11) is 1.37. The highest BCUT2D eigenvalue weighted by Gasteiger charge is 2.03. The largest absolute Gasteiger partial charge is 0.465 e. The normalized spacial score (nSPS) is 14.9. The Morgan fingerprint density at radius 3 is 3.25 bits per heavy atom. The summed E-state index contributed by atoms with van der Waals surface area (Å²) >= 11 is 0. The molecule has 0 radical (unpaired) electrons. The molecule has 0 saturated heterocycles. The first kappa shape index (κ1) is 8.57. The summed E-state index contributed by atoms with van der Waals surface area (Å²) < 4.78 is 4.57. The summed E-state index contributed by atoms with van der Waals surface area (Å²) in [4.78, 5) is 11.0. The molecular weight excluding hydrogens is 152 g/mol. The maximum Gasteiger partial charge on any atom is 0.337 e. The van der Waals surface area contributed by atoms with E-state index >= 15 is 0 Å². The van der Waals surface area contributed by atoms with E-state index in [0.717, 1.165) is 6.42 Å². The van der Waals surface area contributed by atoms with Gasteiger partial charge in [-0.3, -0.25) is 0 Å². The molecule has 1 aliphatic carbocycles. The lowest BCUT2D eigenvalue weighted by molar-refractivity contribution is -0.135.